The number of nitrogens with zero attached hydrogens (tertiary/aromatic N) is 1. The number of rotatable bonds is 4. The van der Waals surface area contributed by atoms with Gasteiger partial charge in [0.15, 0.2) is 0 Å². The summed E-state index contributed by atoms with van der Waals surface area (Å²) in [4.78, 5) is 15.3. The highest BCUT2D eigenvalue weighted by atomic mass is 16.5. The molecule has 1 aromatic rings. The molecule has 0 saturated heterocycles. The molecule has 0 unspecified atom stereocenters. The molecule has 1 aliphatic rings. The van der Waals surface area contributed by atoms with E-state index in [9.17, 15) is 4.79 Å². The summed E-state index contributed by atoms with van der Waals surface area (Å²) in [7, 11) is 0. The third-order valence-electron chi connectivity index (χ3n) is 2.93. The van der Waals surface area contributed by atoms with Crippen LogP contribution in [0.5, 0.6) is 0 Å². The topological polar surface area (TPSA) is 39.2 Å². The monoisotopic (exact) mass is 219 g/mol. The van der Waals surface area contributed by atoms with Crippen molar-refractivity contribution < 1.29 is 9.53 Å². The average molecular weight is 219 g/mol. The van der Waals surface area contributed by atoms with Crippen LogP contribution >= 0.6 is 0 Å². The number of carbonyl (C=O) groups excluding carboxylic acids is 1. The molecule has 16 heavy (non-hydrogen) atoms. The zero-order valence-electron chi connectivity index (χ0n) is 9.39. The zero-order chi connectivity index (χ0) is 11.2. The highest BCUT2D eigenvalue weighted by molar-refractivity contribution is 5.79. The fourth-order valence-corrected chi connectivity index (χ4v) is 1.96. The molecule has 1 aliphatic carbocycles. The fraction of sp³-hybridized carbons (Fsp3) is 0.538. The van der Waals surface area contributed by atoms with Crippen LogP contribution < -0.4 is 0 Å². The van der Waals surface area contributed by atoms with Crippen molar-refractivity contribution in [3.8, 4) is 0 Å². The minimum absolute atomic E-state index is 0.279. The van der Waals surface area contributed by atoms with E-state index in [-0.39, 0.29) is 6.10 Å². The lowest BCUT2D eigenvalue weighted by Crippen LogP contribution is -2.22. The van der Waals surface area contributed by atoms with Gasteiger partial charge in [-0.15, -0.1) is 0 Å². The van der Waals surface area contributed by atoms with Gasteiger partial charge in [0.2, 0.25) is 0 Å². The summed E-state index contributed by atoms with van der Waals surface area (Å²) >= 11 is 0. The Balaban J connectivity index is 1.67. The van der Waals surface area contributed by atoms with Crippen molar-refractivity contribution >= 4 is 5.78 Å². The summed E-state index contributed by atoms with van der Waals surface area (Å²) in [5.41, 5.74) is 1.06. The maximum absolute atomic E-state index is 11.0. The molecule has 0 bridgehead atoms. The van der Waals surface area contributed by atoms with Gasteiger partial charge in [0.1, 0.15) is 5.78 Å². The summed E-state index contributed by atoms with van der Waals surface area (Å²) in [6, 6.07) is 5.91. The molecule has 1 aromatic heterocycles. The van der Waals surface area contributed by atoms with Gasteiger partial charge in [0, 0.05) is 31.2 Å². The predicted molar refractivity (Wildman–Crippen MR) is 61.2 cm³/mol. The van der Waals surface area contributed by atoms with E-state index in [1.807, 2.05) is 18.2 Å². The lowest BCUT2D eigenvalue weighted by atomic mass is 9.96. The Hall–Kier alpha value is -1.22. The largest absolute Gasteiger partial charge is 0.378 e. The molecule has 1 saturated carbocycles. The van der Waals surface area contributed by atoms with Crippen LogP contribution in [0.3, 0.4) is 0 Å². The summed E-state index contributed by atoms with van der Waals surface area (Å²) < 4.78 is 5.74. The van der Waals surface area contributed by atoms with Crippen LogP contribution in [0.15, 0.2) is 24.4 Å². The number of ketones is 1. The summed E-state index contributed by atoms with van der Waals surface area (Å²) in [6.45, 7) is 0.704. The van der Waals surface area contributed by atoms with Crippen molar-refractivity contribution in [3.05, 3.63) is 30.1 Å². The molecule has 0 atom stereocenters. The smallest absolute Gasteiger partial charge is 0.133 e. The van der Waals surface area contributed by atoms with Crippen LogP contribution in [0.4, 0.5) is 0 Å². The molecule has 0 amide bonds. The van der Waals surface area contributed by atoms with Crippen molar-refractivity contribution in [1.82, 2.24) is 4.98 Å². The molecule has 2 rings (SSSR count). The molecule has 3 nitrogen and oxygen atoms in total. The van der Waals surface area contributed by atoms with E-state index in [4.69, 9.17) is 4.74 Å². The normalized spacial score (nSPS) is 17.6. The van der Waals surface area contributed by atoms with Crippen LogP contribution in [-0.4, -0.2) is 23.5 Å². The quantitative estimate of drug-likeness (QED) is 0.779. The first-order chi connectivity index (χ1) is 7.84. The van der Waals surface area contributed by atoms with E-state index in [0.29, 0.717) is 25.2 Å². The van der Waals surface area contributed by atoms with Crippen LogP contribution in [0.2, 0.25) is 0 Å². The molecular formula is C13H17NO2. The first kappa shape index (κ1) is 11.3. The second kappa shape index (κ2) is 5.75. The van der Waals surface area contributed by atoms with Gasteiger partial charge in [-0.05, 0) is 25.0 Å². The summed E-state index contributed by atoms with van der Waals surface area (Å²) in [6.07, 6.45) is 6.09. The lowest BCUT2D eigenvalue weighted by Gasteiger charge is -2.21. The van der Waals surface area contributed by atoms with Crippen molar-refractivity contribution in [2.75, 3.05) is 6.61 Å². The SMILES string of the molecule is O=C1CCC(OCCc2ccccn2)CC1. The Morgan fingerprint density at radius 3 is 2.81 bits per heavy atom. The summed E-state index contributed by atoms with van der Waals surface area (Å²) in [5, 5.41) is 0. The van der Waals surface area contributed by atoms with Crippen molar-refractivity contribution in [2.45, 2.75) is 38.2 Å². The molecular weight excluding hydrogens is 202 g/mol. The van der Waals surface area contributed by atoms with Gasteiger partial charge in [-0.2, -0.15) is 0 Å². The fourth-order valence-electron chi connectivity index (χ4n) is 1.96. The standard InChI is InChI=1S/C13H17NO2/c15-12-4-6-13(7-5-12)16-10-8-11-3-1-2-9-14-11/h1-3,9,13H,4-8,10H2. The van der Waals surface area contributed by atoms with Crippen molar-refractivity contribution in [3.63, 3.8) is 0 Å². The van der Waals surface area contributed by atoms with Gasteiger partial charge in [-0.1, -0.05) is 6.07 Å². The van der Waals surface area contributed by atoms with Crippen molar-refractivity contribution in [1.29, 1.82) is 0 Å². The van der Waals surface area contributed by atoms with Gasteiger partial charge < -0.3 is 4.74 Å². The van der Waals surface area contributed by atoms with E-state index < -0.39 is 0 Å². The van der Waals surface area contributed by atoms with Crippen molar-refractivity contribution in [2.24, 2.45) is 0 Å². The second-order valence-electron chi connectivity index (χ2n) is 4.18. The average Bonchev–Trinajstić information content (AvgIpc) is 2.33. The molecule has 0 spiro atoms. The van der Waals surface area contributed by atoms with Gasteiger partial charge >= 0.3 is 0 Å². The molecule has 0 aromatic carbocycles. The number of hydrogen-bond donors (Lipinski definition) is 0. The molecule has 86 valence electrons. The van der Waals surface area contributed by atoms with E-state index in [1.54, 1.807) is 6.20 Å². The maximum atomic E-state index is 11.0. The van der Waals surface area contributed by atoms with Crippen LogP contribution in [0.1, 0.15) is 31.4 Å². The van der Waals surface area contributed by atoms with Gasteiger partial charge in [-0.3, -0.25) is 9.78 Å². The second-order valence-corrected chi connectivity index (χ2v) is 4.18. The van der Waals surface area contributed by atoms with E-state index in [2.05, 4.69) is 4.98 Å². The number of carbonyl (C=O) groups is 1. The van der Waals surface area contributed by atoms with Crippen LogP contribution in [0, 0.1) is 0 Å². The van der Waals surface area contributed by atoms with Crippen LogP contribution in [-0.2, 0) is 16.0 Å². The molecule has 1 heterocycles. The Bertz CT molecular complexity index is 327. The Kier molecular flexibility index (Phi) is 4.05. The summed E-state index contributed by atoms with van der Waals surface area (Å²) in [5.74, 6) is 0.379. The van der Waals surface area contributed by atoms with E-state index in [0.717, 1.165) is 25.0 Å². The minimum Gasteiger partial charge on any atom is -0.378 e. The van der Waals surface area contributed by atoms with Gasteiger partial charge in [0.05, 0.1) is 12.7 Å². The Morgan fingerprint density at radius 2 is 2.12 bits per heavy atom. The third-order valence-corrected chi connectivity index (χ3v) is 2.93. The molecule has 3 heteroatoms. The lowest BCUT2D eigenvalue weighted by molar-refractivity contribution is -0.122. The molecule has 0 radical (unpaired) electrons. The van der Waals surface area contributed by atoms with E-state index in [1.165, 1.54) is 0 Å². The highest BCUT2D eigenvalue weighted by Gasteiger charge is 2.18. The van der Waals surface area contributed by atoms with Gasteiger partial charge in [-0.25, -0.2) is 0 Å². The first-order valence-corrected chi connectivity index (χ1v) is 5.88. The predicted octanol–water partition coefficient (Wildman–Crippen LogP) is 2.15. The zero-order valence-corrected chi connectivity index (χ0v) is 9.39. The number of pyridine rings is 1. The maximum Gasteiger partial charge on any atom is 0.133 e. The first-order valence-electron chi connectivity index (χ1n) is 5.88. The number of Topliss-reactive ketones (excluding diaryl/α,β-unsaturated/α-hetero) is 1. The molecule has 0 aliphatic heterocycles. The van der Waals surface area contributed by atoms with E-state index >= 15 is 0 Å². The Morgan fingerprint density at radius 1 is 1.31 bits per heavy atom. The number of ether oxygens (including phenoxy) is 1. The number of aromatic nitrogens is 1. The van der Waals surface area contributed by atoms with Gasteiger partial charge in [0.25, 0.3) is 0 Å². The van der Waals surface area contributed by atoms with Crippen LogP contribution in [0.25, 0.3) is 0 Å². The molecule has 1 fully saturated rings. The third kappa shape index (κ3) is 3.42. The highest BCUT2D eigenvalue weighted by Crippen LogP contribution is 2.17. The Labute approximate surface area is 95.8 Å². The minimum atomic E-state index is 0.279. The molecule has 0 N–H and O–H groups in total. The number of hydrogen-bond acceptors (Lipinski definition) is 3.